The minimum absolute atomic E-state index is 0.330. The number of thiazole rings is 1. The molecule has 0 radical (unpaired) electrons. The molecule has 22 heavy (non-hydrogen) atoms. The van der Waals surface area contributed by atoms with Crippen molar-refractivity contribution >= 4 is 45.8 Å². The topological polar surface area (TPSA) is 71.1 Å². The Labute approximate surface area is 138 Å². The molecule has 2 amide bonds. The van der Waals surface area contributed by atoms with E-state index in [1.807, 2.05) is 16.8 Å². The minimum Gasteiger partial charge on any atom is -0.266 e. The van der Waals surface area contributed by atoms with Crippen LogP contribution in [0.25, 0.3) is 10.6 Å². The summed E-state index contributed by atoms with van der Waals surface area (Å²) in [6.45, 7) is 1.78. The average Bonchev–Trinajstić information content (AvgIpc) is 3.23. The quantitative estimate of drug-likeness (QED) is 0.713. The van der Waals surface area contributed by atoms with Crippen LogP contribution >= 0.6 is 34.0 Å². The highest BCUT2D eigenvalue weighted by Gasteiger charge is 2.17. The number of rotatable bonds is 3. The number of hydrogen-bond donors (Lipinski definition) is 2. The number of aryl methyl sites for hydroxylation is 1. The van der Waals surface area contributed by atoms with Crippen LogP contribution in [0.1, 0.15) is 25.0 Å². The van der Waals surface area contributed by atoms with Gasteiger partial charge in [-0.15, -0.1) is 22.7 Å². The van der Waals surface area contributed by atoms with Gasteiger partial charge in [-0.05, 0) is 29.8 Å². The second-order valence-corrected chi connectivity index (χ2v) is 7.06. The first-order valence-corrected chi connectivity index (χ1v) is 8.93. The molecule has 0 saturated carbocycles. The molecule has 0 bridgehead atoms. The number of nitrogens with one attached hydrogen (secondary N) is 2. The van der Waals surface area contributed by atoms with E-state index >= 15 is 0 Å². The predicted molar refractivity (Wildman–Crippen MR) is 89.4 cm³/mol. The minimum atomic E-state index is -0.360. The molecule has 0 saturated heterocycles. The van der Waals surface area contributed by atoms with Gasteiger partial charge in [-0.25, -0.2) is 4.98 Å². The molecule has 0 atom stereocenters. The van der Waals surface area contributed by atoms with Crippen LogP contribution in [0, 0.1) is 6.92 Å². The molecule has 2 N–H and O–H groups in total. The number of carbonyl (C=O) groups is 2. The number of hydrogen-bond acceptors (Lipinski definition) is 6. The first kappa shape index (κ1) is 14.9. The van der Waals surface area contributed by atoms with Crippen molar-refractivity contribution < 1.29 is 9.59 Å². The Bertz CT molecular complexity index is 792. The zero-order chi connectivity index (χ0) is 15.5. The second-order valence-electron chi connectivity index (χ2n) is 4.33. The Morgan fingerprint density at radius 3 is 2.64 bits per heavy atom. The van der Waals surface area contributed by atoms with Crippen molar-refractivity contribution in [1.82, 2.24) is 15.8 Å². The fourth-order valence-corrected chi connectivity index (χ4v) is 4.05. The van der Waals surface area contributed by atoms with Crippen molar-refractivity contribution in [2.24, 2.45) is 0 Å². The molecular weight excluding hydrogens is 338 g/mol. The van der Waals surface area contributed by atoms with Crippen molar-refractivity contribution in [3.63, 3.8) is 0 Å². The fourth-order valence-electron chi connectivity index (χ4n) is 1.76. The van der Waals surface area contributed by atoms with E-state index in [1.54, 1.807) is 35.8 Å². The molecule has 0 aliphatic rings. The molecule has 8 heteroatoms. The molecule has 0 unspecified atom stereocenters. The van der Waals surface area contributed by atoms with Crippen LogP contribution in [-0.2, 0) is 0 Å². The van der Waals surface area contributed by atoms with Crippen LogP contribution in [0.4, 0.5) is 0 Å². The average molecular weight is 349 g/mol. The van der Waals surface area contributed by atoms with Crippen LogP contribution in [0.15, 0.2) is 34.3 Å². The monoisotopic (exact) mass is 349 g/mol. The lowest BCUT2D eigenvalue weighted by Crippen LogP contribution is -2.41. The van der Waals surface area contributed by atoms with Crippen LogP contribution in [0.3, 0.4) is 0 Å². The third kappa shape index (κ3) is 3.08. The van der Waals surface area contributed by atoms with Crippen molar-refractivity contribution in [3.05, 3.63) is 49.8 Å². The van der Waals surface area contributed by atoms with Crippen molar-refractivity contribution in [2.75, 3.05) is 0 Å². The van der Waals surface area contributed by atoms with E-state index in [0.29, 0.717) is 15.4 Å². The number of carbonyl (C=O) groups excluding carboxylic acids is 2. The summed E-state index contributed by atoms with van der Waals surface area (Å²) < 4.78 is 0. The molecule has 3 aromatic heterocycles. The number of aromatic nitrogens is 1. The normalized spacial score (nSPS) is 10.4. The summed E-state index contributed by atoms with van der Waals surface area (Å²) in [5, 5.41) is 6.55. The van der Waals surface area contributed by atoms with Gasteiger partial charge in [0.1, 0.15) is 9.88 Å². The van der Waals surface area contributed by atoms with E-state index in [2.05, 4.69) is 15.8 Å². The fraction of sp³-hybridized carbons (Fsp3) is 0.0714. The predicted octanol–water partition coefficient (Wildman–Crippen LogP) is 3.32. The molecule has 0 aliphatic heterocycles. The maximum absolute atomic E-state index is 12.2. The number of nitrogens with zero attached hydrogens (tertiary/aromatic N) is 1. The highest BCUT2D eigenvalue weighted by atomic mass is 32.1. The number of thiophene rings is 2. The highest BCUT2D eigenvalue weighted by Crippen LogP contribution is 2.29. The maximum Gasteiger partial charge on any atom is 0.281 e. The molecule has 112 valence electrons. The molecule has 0 aliphatic carbocycles. The first-order chi connectivity index (χ1) is 10.6. The van der Waals surface area contributed by atoms with Gasteiger partial charge in [-0.3, -0.25) is 20.4 Å². The standard InChI is InChI=1S/C14H11N3O2S3/c1-8-11(22-14(15-8)9-4-6-20-7-9)13(19)17-16-12(18)10-3-2-5-21-10/h2-7H,1H3,(H,16,18)(H,17,19). The van der Waals surface area contributed by atoms with Crippen LogP contribution in [-0.4, -0.2) is 16.8 Å². The zero-order valence-corrected chi connectivity index (χ0v) is 13.9. The van der Waals surface area contributed by atoms with Crippen LogP contribution < -0.4 is 10.9 Å². The Morgan fingerprint density at radius 1 is 1.14 bits per heavy atom. The summed E-state index contributed by atoms with van der Waals surface area (Å²) >= 11 is 4.20. The van der Waals surface area contributed by atoms with Crippen molar-refractivity contribution in [2.45, 2.75) is 6.92 Å². The van der Waals surface area contributed by atoms with Crippen molar-refractivity contribution in [1.29, 1.82) is 0 Å². The molecule has 3 heterocycles. The lowest BCUT2D eigenvalue weighted by atomic mass is 10.3. The lowest BCUT2D eigenvalue weighted by molar-refractivity contribution is 0.0850. The number of amides is 2. The SMILES string of the molecule is Cc1nc(-c2ccsc2)sc1C(=O)NNC(=O)c1cccs1. The molecule has 5 nitrogen and oxygen atoms in total. The second kappa shape index (κ2) is 6.39. The van der Waals surface area contributed by atoms with Gasteiger partial charge in [0.2, 0.25) is 0 Å². The molecular formula is C14H11N3O2S3. The molecule has 0 spiro atoms. The summed E-state index contributed by atoms with van der Waals surface area (Å²) in [4.78, 5) is 29.4. The Balaban J connectivity index is 1.69. The molecule has 0 fully saturated rings. The van der Waals surface area contributed by atoms with Gasteiger partial charge >= 0.3 is 0 Å². The Hall–Kier alpha value is -2.03. The van der Waals surface area contributed by atoms with E-state index in [9.17, 15) is 9.59 Å². The third-order valence-electron chi connectivity index (χ3n) is 2.81. The van der Waals surface area contributed by atoms with E-state index in [0.717, 1.165) is 10.6 Å². The Kier molecular flexibility index (Phi) is 4.32. The molecule has 3 rings (SSSR count). The van der Waals surface area contributed by atoms with Crippen LogP contribution in [0.5, 0.6) is 0 Å². The summed E-state index contributed by atoms with van der Waals surface area (Å²) in [6.07, 6.45) is 0. The molecule has 0 aromatic carbocycles. The smallest absolute Gasteiger partial charge is 0.266 e. The lowest BCUT2D eigenvalue weighted by Gasteiger charge is -2.04. The van der Waals surface area contributed by atoms with Gasteiger partial charge in [0.05, 0.1) is 10.6 Å². The summed E-state index contributed by atoms with van der Waals surface area (Å²) in [5.74, 6) is -0.690. The maximum atomic E-state index is 12.2. The summed E-state index contributed by atoms with van der Waals surface area (Å²) in [6, 6.07) is 5.43. The van der Waals surface area contributed by atoms with Crippen LogP contribution in [0.2, 0.25) is 0 Å². The van der Waals surface area contributed by atoms with E-state index in [1.165, 1.54) is 22.7 Å². The van der Waals surface area contributed by atoms with Gasteiger partial charge < -0.3 is 0 Å². The van der Waals surface area contributed by atoms with Gasteiger partial charge in [0.25, 0.3) is 11.8 Å². The van der Waals surface area contributed by atoms with Gasteiger partial charge in [-0.1, -0.05) is 6.07 Å². The van der Waals surface area contributed by atoms with Gasteiger partial charge in [0, 0.05) is 10.9 Å². The summed E-state index contributed by atoms with van der Waals surface area (Å²) in [7, 11) is 0. The van der Waals surface area contributed by atoms with E-state index in [4.69, 9.17) is 0 Å². The molecule has 3 aromatic rings. The van der Waals surface area contributed by atoms with Crippen molar-refractivity contribution in [3.8, 4) is 10.6 Å². The number of hydrazine groups is 1. The van der Waals surface area contributed by atoms with E-state index < -0.39 is 0 Å². The van der Waals surface area contributed by atoms with E-state index in [-0.39, 0.29) is 11.8 Å². The largest absolute Gasteiger partial charge is 0.281 e. The Morgan fingerprint density at radius 2 is 1.95 bits per heavy atom. The summed E-state index contributed by atoms with van der Waals surface area (Å²) in [5.41, 5.74) is 6.48. The zero-order valence-electron chi connectivity index (χ0n) is 11.5. The third-order valence-corrected chi connectivity index (χ3v) is 5.56. The van der Waals surface area contributed by atoms with Gasteiger partial charge in [-0.2, -0.15) is 11.3 Å². The highest BCUT2D eigenvalue weighted by molar-refractivity contribution is 7.17. The van der Waals surface area contributed by atoms with Gasteiger partial charge in [0.15, 0.2) is 0 Å². The first-order valence-electron chi connectivity index (χ1n) is 6.29.